The van der Waals surface area contributed by atoms with Gasteiger partial charge in [-0.05, 0) is 42.9 Å². The van der Waals surface area contributed by atoms with Crippen LogP contribution in [0.1, 0.15) is 24.8 Å². The average Bonchev–Trinajstić information content (AvgIpc) is 2.76. The Bertz CT molecular complexity index is 758. The molecule has 0 bridgehead atoms. The fraction of sp³-hybridized carbons (Fsp3) is 0.619. The molecule has 6 N–H and O–H groups in total. The highest BCUT2D eigenvalue weighted by Gasteiger charge is 2.45. The maximum atomic E-state index is 12.6. The average molecular weight is 414 g/mol. The van der Waals surface area contributed by atoms with Crippen LogP contribution in [-0.2, 0) is 11.2 Å². The quantitative estimate of drug-likeness (QED) is 0.375. The topological polar surface area (TPSA) is 124 Å². The molecule has 0 radical (unpaired) electrons. The Morgan fingerprint density at radius 3 is 2.67 bits per heavy atom. The van der Waals surface area contributed by atoms with Crippen molar-refractivity contribution in [2.24, 2.45) is 11.8 Å². The highest BCUT2D eigenvalue weighted by molar-refractivity contribution is 5.81. The number of carbonyl (C=O) groups is 1. The largest absolute Gasteiger partial charge is 0.396 e. The molecule has 1 aromatic rings. The van der Waals surface area contributed by atoms with Crippen LogP contribution in [0.3, 0.4) is 0 Å². The Morgan fingerprint density at radius 2 is 1.97 bits per heavy atom. The minimum atomic E-state index is -0.254. The van der Waals surface area contributed by atoms with Gasteiger partial charge < -0.3 is 10.4 Å². The van der Waals surface area contributed by atoms with Crippen LogP contribution < -0.4 is 26.8 Å². The zero-order valence-electron chi connectivity index (χ0n) is 17.1. The van der Waals surface area contributed by atoms with Crippen LogP contribution in [-0.4, -0.2) is 60.7 Å². The Kier molecular flexibility index (Phi) is 6.82. The van der Waals surface area contributed by atoms with Gasteiger partial charge in [0.2, 0.25) is 5.91 Å². The molecule has 0 saturated carbocycles. The number of rotatable bonds is 6. The second-order valence-corrected chi connectivity index (χ2v) is 8.37. The van der Waals surface area contributed by atoms with Crippen molar-refractivity contribution < 1.29 is 9.90 Å². The first-order valence-electron chi connectivity index (χ1n) is 10.8. The molecule has 9 heteroatoms. The normalized spacial score (nSPS) is 30.2. The van der Waals surface area contributed by atoms with E-state index in [9.17, 15) is 4.79 Å². The van der Waals surface area contributed by atoms with E-state index in [0.717, 1.165) is 37.2 Å². The molecule has 3 heterocycles. The molecule has 3 saturated heterocycles. The number of piperidine rings is 1. The van der Waals surface area contributed by atoms with Gasteiger partial charge >= 0.3 is 0 Å². The van der Waals surface area contributed by atoms with Crippen molar-refractivity contribution in [3.63, 3.8) is 0 Å². The number of benzene rings is 1. The summed E-state index contributed by atoms with van der Waals surface area (Å²) in [4.78, 5) is 15.0. The number of anilines is 1. The third-order valence-corrected chi connectivity index (χ3v) is 6.41. The first kappa shape index (κ1) is 21.0. The van der Waals surface area contributed by atoms with Crippen molar-refractivity contribution in [1.82, 2.24) is 26.4 Å². The molecule has 0 aliphatic carbocycles. The van der Waals surface area contributed by atoms with E-state index in [2.05, 4.69) is 37.8 Å². The molecule has 4 unspecified atom stereocenters. The lowest BCUT2D eigenvalue weighted by Crippen LogP contribution is -2.77. The van der Waals surface area contributed by atoms with Crippen molar-refractivity contribution >= 4 is 11.6 Å². The molecule has 0 spiro atoms. The third-order valence-electron chi connectivity index (χ3n) is 6.41. The molecule has 1 aromatic carbocycles. The molecule has 3 fully saturated rings. The summed E-state index contributed by atoms with van der Waals surface area (Å²) in [5, 5.41) is 28.8. The summed E-state index contributed by atoms with van der Waals surface area (Å²) >= 11 is 0. The number of carbonyl (C=O) groups excluding carboxylic acids is 1. The first-order valence-corrected chi connectivity index (χ1v) is 10.8. The number of amides is 1. The molecule has 30 heavy (non-hydrogen) atoms. The van der Waals surface area contributed by atoms with E-state index in [0.29, 0.717) is 25.3 Å². The number of aliphatic hydroxyl groups excluding tert-OH is 1. The summed E-state index contributed by atoms with van der Waals surface area (Å²) in [6.45, 7) is 2.65. The van der Waals surface area contributed by atoms with Gasteiger partial charge in [0.1, 0.15) is 6.29 Å². The van der Waals surface area contributed by atoms with Crippen LogP contribution in [0.15, 0.2) is 24.3 Å². The van der Waals surface area contributed by atoms with Crippen molar-refractivity contribution in [1.29, 1.82) is 5.26 Å². The van der Waals surface area contributed by atoms with Gasteiger partial charge in [0.25, 0.3) is 0 Å². The van der Waals surface area contributed by atoms with Crippen molar-refractivity contribution in [3.05, 3.63) is 29.8 Å². The minimum absolute atomic E-state index is 0.00740. The Hall–Kier alpha value is -2.22. The van der Waals surface area contributed by atoms with Crippen LogP contribution in [0.25, 0.3) is 0 Å². The Morgan fingerprint density at radius 1 is 1.20 bits per heavy atom. The fourth-order valence-electron chi connectivity index (χ4n) is 4.67. The van der Waals surface area contributed by atoms with Gasteiger partial charge in [0, 0.05) is 44.4 Å². The molecular weight excluding hydrogens is 382 g/mol. The molecule has 3 aliphatic heterocycles. The molecule has 0 aromatic heterocycles. The second-order valence-electron chi connectivity index (χ2n) is 8.37. The van der Waals surface area contributed by atoms with Crippen molar-refractivity contribution in [2.75, 3.05) is 31.6 Å². The van der Waals surface area contributed by atoms with E-state index in [1.54, 1.807) is 0 Å². The standard InChI is InChI=1S/C21H31N7O2/c22-9-5-15-6-10-28(11-7-15)21-25-17-13-23-27-20(30)18(17)19(26-21)24-16-3-1-14(2-4-16)8-12-29/h1-4,15,17-19,21,23-26,29H,5-8,10-13H2,(H,27,30). The van der Waals surface area contributed by atoms with Gasteiger partial charge in [-0.2, -0.15) is 5.26 Å². The number of nitrogens with one attached hydrogen (secondary N) is 5. The molecule has 9 nitrogen and oxygen atoms in total. The number of hydrogen-bond acceptors (Lipinski definition) is 8. The van der Waals surface area contributed by atoms with Crippen LogP contribution in [0.2, 0.25) is 0 Å². The summed E-state index contributed by atoms with van der Waals surface area (Å²) in [7, 11) is 0. The van der Waals surface area contributed by atoms with Gasteiger partial charge in [0.15, 0.2) is 0 Å². The molecule has 1 amide bonds. The van der Waals surface area contributed by atoms with Crippen molar-refractivity contribution in [3.8, 4) is 6.07 Å². The first-order chi connectivity index (χ1) is 14.7. The van der Waals surface area contributed by atoms with Gasteiger partial charge in [-0.15, -0.1) is 0 Å². The Balaban J connectivity index is 1.45. The smallest absolute Gasteiger partial charge is 0.242 e. The lowest BCUT2D eigenvalue weighted by molar-refractivity contribution is -0.132. The monoisotopic (exact) mass is 413 g/mol. The minimum Gasteiger partial charge on any atom is -0.396 e. The van der Waals surface area contributed by atoms with Gasteiger partial charge in [-0.3, -0.25) is 25.8 Å². The van der Waals surface area contributed by atoms with Crippen LogP contribution in [0, 0.1) is 23.2 Å². The van der Waals surface area contributed by atoms with E-state index in [1.165, 1.54) is 0 Å². The summed E-state index contributed by atoms with van der Waals surface area (Å²) in [5.74, 6) is 0.193. The molecule has 162 valence electrons. The van der Waals surface area contributed by atoms with Gasteiger partial charge in [0.05, 0.1) is 18.2 Å². The summed E-state index contributed by atoms with van der Waals surface area (Å²) in [6, 6.07) is 10.3. The highest BCUT2D eigenvalue weighted by Crippen LogP contribution is 2.25. The maximum Gasteiger partial charge on any atom is 0.242 e. The van der Waals surface area contributed by atoms with Crippen LogP contribution >= 0.6 is 0 Å². The Labute approximate surface area is 177 Å². The maximum absolute atomic E-state index is 12.6. The number of hydrazine groups is 1. The number of hydrogen-bond donors (Lipinski definition) is 6. The van der Waals surface area contributed by atoms with Crippen molar-refractivity contribution in [2.45, 2.75) is 44.2 Å². The number of nitrogens with zero attached hydrogens (tertiary/aromatic N) is 2. The van der Waals surface area contributed by atoms with E-state index in [-0.39, 0.29) is 36.9 Å². The summed E-state index contributed by atoms with van der Waals surface area (Å²) in [5.41, 5.74) is 7.77. The third kappa shape index (κ3) is 4.74. The van der Waals surface area contributed by atoms with Gasteiger partial charge in [-0.25, -0.2) is 5.43 Å². The van der Waals surface area contributed by atoms with Crippen LogP contribution in [0.4, 0.5) is 5.69 Å². The predicted molar refractivity (Wildman–Crippen MR) is 113 cm³/mol. The highest BCUT2D eigenvalue weighted by atomic mass is 16.3. The fourth-order valence-corrected chi connectivity index (χ4v) is 4.67. The number of nitriles is 1. The molecule has 3 aliphatic rings. The molecule has 4 rings (SSSR count). The van der Waals surface area contributed by atoms with E-state index < -0.39 is 0 Å². The number of fused-ring (bicyclic) bond motifs is 1. The number of aliphatic hydroxyl groups is 1. The predicted octanol–water partition coefficient (Wildman–Crippen LogP) is -0.319. The summed E-state index contributed by atoms with van der Waals surface area (Å²) in [6.07, 6.45) is 3.05. The lowest BCUT2D eigenvalue weighted by atomic mass is 9.90. The summed E-state index contributed by atoms with van der Waals surface area (Å²) < 4.78 is 0. The zero-order valence-corrected chi connectivity index (χ0v) is 17.1. The molecular formula is C21H31N7O2. The number of likely N-dealkylation sites (tertiary alicyclic amines) is 1. The second kappa shape index (κ2) is 9.73. The SMILES string of the molecule is N#CCC1CCN(C2NC3CNNC(=O)C3C(Nc3ccc(CCO)cc3)N2)CC1. The van der Waals surface area contributed by atoms with E-state index >= 15 is 0 Å². The van der Waals surface area contributed by atoms with Gasteiger partial charge in [-0.1, -0.05) is 12.1 Å². The van der Waals surface area contributed by atoms with Crippen LogP contribution in [0.5, 0.6) is 0 Å². The van der Waals surface area contributed by atoms with E-state index in [4.69, 9.17) is 10.4 Å². The molecule has 4 atom stereocenters. The lowest BCUT2D eigenvalue weighted by Gasteiger charge is -2.49. The zero-order chi connectivity index (χ0) is 20.9. The van der Waals surface area contributed by atoms with E-state index in [1.807, 2.05) is 24.3 Å².